The minimum absolute atomic E-state index is 0. The first-order chi connectivity index (χ1) is 8.24. The number of rotatable bonds is 1. The summed E-state index contributed by atoms with van der Waals surface area (Å²) in [6.07, 6.45) is 3.60. The predicted octanol–water partition coefficient (Wildman–Crippen LogP) is 2.09. The molecule has 0 spiro atoms. The third-order valence-electron chi connectivity index (χ3n) is 3.61. The van der Waals surface area contributed by atoms with Gasteiger partial charge in [-0.3, -0.25) is 4.79 Å². The zero-order valence-electron chi connectivity index (χ0n) is 10.6. The maximum Gasteiger partial charge on any atom is 0.264 e. The van der Waals surface area contributed by atoms with Crippen molar-refractivity contribution < 1.29 is 4.79 Å². The van der Waals surface area contributed by atoms with E-state index in [-0.39, 0.29) is 18.3 Å². The van der Waals surface area contributed by atoms with Crippen molar-refractivity contribution in [1.82, 2.24) is 10.2 Å². The van der Waals surface area contributed by atoms with Crippen molar-refractivity contribution in [1.29, 1.82) is 0 Å². The Hall–Kier alpha value is -0.580. The number of nitrogens with one attached hydrogen (secondary N) is 1. The number of amides is 1. The number of carbonyl (C=O) groups is 1. The van der Waals surface area contributed by atoms with Gasteiger partial charge in [0.05, 0.1) is 4.88 Å². The van der Waals surface area contributed by atoms with E-state index in [0.717, 1.165) is 30.9 Å². The Morgan fingerprint density at radius 1 is 1.50 bits per heavy atom. The van der Waals surface area contributed by atoms with Gasteiger partial charge in [0.2, 0.25) is 0 Å². The summed E-state index contributed by atoms with van der Waals surface area (Å²) in [5.74, 6) is 0.234. The summed E-state index contributed by atoms with van der Waals surface area (Å²) < 4.78 is 0. The van der Waals surface area contributed by atoms with Crippen LogP contribution in [0.3, 0.4) is 0 Å². The molecule has 1 aliphatic heterocycles. The Bertz CT molecular complexity index is 425. The van der Waals surface area contributed by atoms with Crippen LogP contribution in [0, 0.1) is 0 Å². The van der Waals surface area contributed by atoms with E-state index in [1.807, 2.05) is 4.90 Å². The molecule has 1 aromatic rings. The molecular weight excluding hydrogens is 268 g/mol. The van der Waals surface area contributed by atoms with E-state index in [9.17, 15) is 4.79 Å². The summed E-state index contributed by atoms with van der Waals surface area (Å²) >= 11 is 1.71. The molecule has 1 atom stereocenters. The minimum atomic E-state index is 0. The lowest BCUT2D eigenvalue weighted by Crippen LogP contribution is -2.51. The number of fused-ring (bicyclic) bond motifs is 1. The van der Waals surface area contributed by atoms with Crippen LogP contribution in [0.4, 0.5) is 0 Å². The highest BCUT2D eigenvalue weighted by Gasteiger charge is 2.25. The van der Waals surface area contributed by atoms with E-state index in [0.29, 0.717) is 6.04 Å². The van der Waals surface area contributed by atoms with E-state index in [1.54, 1.807) is 11.3 Å². The summed E-state index contributed by atoms with van der Waals surface area (Å²) in [6.45, 7) is 4.72. The van der Waals surface area contributed by atoms with Crippen LogP contribution in [0.25, 0.3) is 0 Å². The standard InChI is InChI=1S/C13H18N2OS.ClH/c1-9-8-15(6-5-14-9)13(16)12-7-10-3-2-4-11(10)17-12;/h7,9,14H,2-6,8H2,1H3;1H/t9-;/m0./s1. The van der Waals surface area contributed by atoms with Crippen molar-refractivity contribution in [3.63, 3.8) is 0 Å². The van der Waals surface area contributed by atoms with Gasteiger partial charge in [-0.2, -0.15) is 0 Å². The number of carbonyl (C=O) groups excluding carboxylic acids is 1. The molecule has 1 fully saturated rings. The summed E-state index contributed by atoms with van der Waals surface area (Å²) in [7, 11) is 0. The smallest absolute Gasteiger partial charge is 0.264 e. The van der Waals surface area contributed by atoms with Gasteiger partial charge in [0, 0.05) is 30.6 Å². The number of halogens is 1. The average molecular weight is 287 g/mol. The molecule has 3 rings (SSSR count). The molecule has 18 heavy (non-hydrogen) atoms. The van der Waals surface area contributed by atoms with Gasteiger partial charge in [0.15, 0.2) is 0 Å². The second-order valence-corrected chi connectivity index (χ2v) is 6.16. The van der Waals surface area contributed by atoms with E-state index in [1.165, 1.54) is 23.3 Å². The lowest BCUT2D eigenvalue weighted by Gasteiger charge is -2.31. The highest BCUT2D eigenvalue weighted by atomic mass is 35.5. The molecule has 0 bridgehead atoms. The van der Waals surface area contributed by atoms with E-state index >= 15 is 0 Å². The largest absolute Gasteiger partial charge is 0.335 e. The summed E-state index contributed by atoms with van der Waals surface area (Å²) in [5, 5.41) is 3.37. The SMILES string of the molecule is C[C@H]1CN(C(=O)c2cc3c(s2)CCC3)CCN1.Cl. The van der Waals surface area contributed by atoms with Gasteiger partial charge in [0.1, 0.15) is 0 Å². The third kappa shape index (κ3) is 2.56. The highest BCUT2D eigenvalue weighted by Crippen LogP contribution is 2.31. The van der Waals surface area contributed by atoms with Gasteiger partial charge in [-0.15, -0.1) is 23.7 Å². The summed E-state index contributed by atoms with van der Waals surface area (Å²) in [4.78, 5) is 16.7. The van der Waals surface area contributed by atoms with Crippen molar-refractivity contribution in [2.75, 3.05) is 19.6 Å². The van der Waals surface area contributed by atoms with Crippen LogP contribution >= 0.6 is 23.7 Å². The molecule has 2 heterocycles. The van der Waals surface area contributed by atoms with E-state index in [4.69, 9.17) is 0 Å². The van der Waals surface area contributed by atoms with Crippen LogP contribution in [0.15, 0.2) is 6.07 Å². The van der Waals surface area contributed by atoms with Crippen LogP contribution in [-0.2, 0) is 12.8 Å². The molecule has 2 aliphatic rings. The zero-order chi connectivity index (χ0) is 11.8. The lowest BCUT2D eigenvalue weighted by atomic mass is 10.2. The second-order valence-electron chi connectivity index (χ2n) is 5.02. The number of piperazine rings is 1. The summed E-state index contributed by atoms with van der Waals surface area (Å²) in [6, 6.07) is 2.54. The van der Waals surface area contributed by atoms with Gasteiger partial charge in [-0.25, -0.2) is 0 Å². The third-order valence-corrected chi connectivity index (χ3v) is 4.84. The Labute approximate surface area is 118 Å². The molecule has 1 aliphatic carbocycles. The van der Waals surface area contributed by atoms with Gasteiger partial charge in [-0.05, 0) is 37.8 Å². The second kappa shape index (κ2) is 5.59. The van der Waals surface area contributed by atoms with Gasteiger partial charge < -0.3 is 10.2 Å². The van der Waals surface area contributed by atoms with Crippen molar-refractivity contribution in [2.45, 2.75) is 32.2 Å². The maximum absolute atomic E-state index is 12.4. The van der Waals surface area contributed by atoms with Gasteiger partial charge >= 0.3 is 0 Å². The van der Waals surface area contributed by atoms with Crippen molar-refractivity contribution >= 4 is 29.7 Å². The fraction of sp³-hybridized carbons (Fsp3) is 0.615. The van der Waals surface area contributed by atoms with Crippen molar-refractivity contribution in [3.05, 3.63) is 21.4 Å². The normalized spacial score (nSPS) is 22.5. The van der Waals surface area contributed by atoms with E-state index < -0.39 is 0 Å². The summed E-state index contributed by atoms with van der Waals surface area (Å²) in [5.41, 5.74) is 1.42. The van der Waals surface area contributed by atoms with Gasteiger partial charge in [-0.1, -0.05) is 0 Å². The Balaban J connectivity index is 0.00000120. The monoisotopic (exact) mass is 286 g/mol. The number of nitrogens with zero attached hydrogens (tertiary/aromatic N) is 1. The number of hydrogen-bond acceptors (Lipinski definition) is 3. The molecule has 100 valence electrons. The van der Waals surface area contributed by atoms with Crippen molar-refractivity contribution in [3.8, 4) is 0 Å². The fourth-order valence-electron chi connectivity index (χ4n) is 2.71. The molecular formula is C13H19ClN2OS. The molecule has 1 saturated heterocycles. The zero-order valence-corrected chi connectivity index (χ0v) is 12.2. The van der Waals surface area contributed by atoms with Crippen molar-refractivity contribution in [2.24, 2.45) is 0 Å². The lowest BCUT2D eigenvalue weighted by molar-refractivity contribution is 0.0714. The van der Waals surface area contributed by atoms with E-state index in [2.05, 4.69) is 18.3 Å². The molecule has 0 saturated carbocycles. The molecule has 3 nitrogen and oxygen atoms in total. The number of thiophene rings is 1. The predicted molar refractivity (Wildman–Crippen MR) is 77.0 cm³/mol. The molecule has 0 unspecified atom stereocenters. The Morgan fingerprint density at radius 3 is 3.06 bits per heavy atom. The quantitative estimate of drug-likeness (QED) is 0.857. The van der Waals surface area contributed by atoms with Gasteiger partial charge in [0.25, 0.3) is 5.91 Å². The Morgan fingerprint density at radius 2 is 2.33 bits per heavy atom. The van der Waals surface area contributed by atoms with Crippen LogP contribution in [0.5, 0.6) is 0 Å². The van der Waals surface area contributed by atoms with Crippen LogP contribution in [0.2, 0.25) is 0 Å². The highest BCUT2D eigenvalue weighted by molar-refractivity contribution is 7.14. The first kappa shape index (κ1) is 13.8. The minimum Gasteiger partial charge on any atom is -0.335 e. The number of aryl methyl sites for hydroxylation is 2. The first-order valence-electron chi connectivity index (χ1n) is 6.38. The molecule has 1 amide bonds. The Kier molecular flexibility index (Phi) is 4.30. The topological polar surface area (TPSA) is 32.3 Å². The number of hydrogen-bond donors (Lipinski definition) is 1. The fourth-order valence-corrected chi connectivity index (χ4v) is 3.93. The van der Waals surface area contributed by atoms with Crippen LogP contribution < -0.4 is 5.32 Å². The molecule has 5 heteroatoms. The molecule has 0 aromatic carbocycles. The van der Waals surface area contributed by atoms with Crippen LogP contribution in [0.1, 0.15) is 33.5 Å². The molecule has 1 aromatic heterocycles. The molecule has 1 N–H and O–H groups in total. The average Bonchev–Trinajstić information content (AvgIpc) is 2.88. The maximum atomic E-state index is 12.4. The molecule has 0 radical (unpaired) electrons. The first-order valence-corrected chi connectivity index (χ1v) is 7.20. The van der Waals surface area contributed by atoms with Crippen LogP contribution in [-0.4, -0.2) is 36.5 Å².